The Hall–Kier alpha value is -1.20. The number of thiol groups is 1. The van der Waals surface area contributed by atoms with Crippen LogP contribution in [0.1, 0.15) is 11.6 Å². The number of amides is 1. The minimum Gasteiger partial charge on any atom is -0.482 e. The lowest BCUT2D eigenvalue weighted by Gasteiger charge is -2.27. The van der Waals surface area contributed by atoms with Crippen LogP contribution in [-0.2, 0) is 4.79 Å². The summed E-state index contributed by atoms with van der Waals surface area (Å²) in [6.45, 7) is 0.116. The molecule has 1 atom stereocenters. The van der Waals surface area contributed by atoms with Crippen molar-refractivity contribution in [1.82, 2.24) is 5.32 Å². The van der Waals surface area contributed by atoms with Gasteiger partial charge >= 0.3 is 0 Å². The van der Waals surface area contributed by atoms with Crippen molar-refractivity contribution in [2.24, 2.45) is 0 Å². The summed E-state index contributed by atoms with van der Waals surface area (Å²) in [5.41, 5.74) is 1.92. The molecule has 0 aliphatic carbocycles. The first-order valence-electron chi connectivity index (χ1n) is 5.48. The fourth-order valence-corrected chi connectivity index (χ4v) is 2.26. The van der Waals surface area contributed by atoms with E-state index in [-0.39, 0.29) is 18.6 Å². The van der Waals surface area contributed by atoms with Crippen LogP contribution in [0.4, 0.5) is 5.69 Å². The number of benzene rings is 1. The lowest BCUT2D eigenvalue weighted by Crippen LogP contribution is -2.35. The molecule has 0 saturated carbocycles. The van der Waals surface area contributed by atoms with E-state index < -0.39 is 0 Å². The van der Waals surface area contributed by atoms with Crippen LogP contribution in [0.3, 0.4) is 0 Å². The van der Waals surface area contributed by atoms with Gasteiger partial charge in [-0.2, -0.15) is 12.6 Å². The van der Waals surface area contributed by atoms with Crippen LogP contribution in [-0.4, -0.2) is 32.4 Å². The van der Waals surface area contributed by atoms with E-state index in [2.05, 4.69) is 17.9 Å². The number of carbonyl (C=O) groups is 1. The van der Waals surface area contributed by atoms with E-state index in [1.165, 1.54) is 0 Å². The summed E-state index contributed by atoms with van der Waals surface area (Å²) in [7, 11) is 3.66. The van der Waals surface area contributed by atoms with E-state index in [0.717, 1.165) is 17.0 Å². The maximum Gasteiger partial charge on any atom is 0.264 e. The molecule has 2 rings (SSSR count). The van der Waals surface area contributed by atoms with Crippen molar-refractivity contribution in [3.63, 3.8) is 0 Å². The normalized spacial score (nSPS) is 16.4. The number of hydrogen-bond acceptors (Lipinski definition) is 4. The van der Waals surface area contributed by atoms with Crippen LogP contribution in [0.25, 0.3) is 0 Å². The van der Waals surface area contributed by atoms with Gasteiger partial charge in [-0.05, 0) is 24.7 Å². The van der Waals surface area contributed by atoms with Crippen molar-refractivity contribution < 1.29 is 9.53 Å². The van der Waals surface area contributed by atoms with Crippen LogP contribution >= 0.6 is 12.6 Å². The Bertz CT molecular complexity index is 433. The second kappa shape index (κ2) is 4.98. The number of likely N-dealkylation sites (N-methyl/N-ethyl adjacent to an activating group) is 1. The molecule has 1 aromatic carbocycles. The SMILES string of the molecule is CNC(CS)c1ccc2c(c1)N(C)C(=O)CO2. The average molecular weight is 252 g/mol. The molecule has 0 aromatic heterocycles. The zero-order valence-corrected chi connectivity index (χ0v) is 10.8. The fraction of sp³-hybridized carbons (Fsp3) is 0.417. The standard InChI is InChI=1S/C12H16N2O2S/c1-13-9(7-17)8-3-4-11-10(5-8)14(2)12(15)6-16-11/h3-5,9,13,17H,6-7H2,1-2H3. The molecule has 1 aromatic rings. The molecule has 17 heavy (non-hydrogen) atoms. The van der Waals surface area contributed by atoms with Crippen LogP contribution in [0.2, 0.25) is 0 Å². The third-order valence-electron chi connectivity index (χ3n) is 3.00. The van der Waals surface area contributed by atoms with Gasteiger partial charge in [0, 0.05) is 18.8 Å². The van der Waals surface area contributed by atoms with Gasteiger partial charge in [0.25, 0.3) is 5.91 Å². The number of fused-ring (bicyclic) bond motifs is 1. The van der Waals surface area contributed by atoms with Crippen molar-refractivity contribution in [3.05, 3.63) is 23.8 Å². The average Bonchev–Trinajstić information content (AvgIpc) is 2.36. The molecule has 5 heteroatoms. The van der Waals surface area contributed by atoms with Gasteiger partial charge in [0.05, 0.1) is 5.69 Å². The molecule has 1 heterocycles. The highest BCUT2D eigenvalue weighted by Crippen LogP contribution is 2.33. The minimum atomic E-state index is -0.0264. The molecular weight excluding hydrogens is 236 g/mol. The summed E-state index contributed by atoms with van der Waals surface area (Å²) in [6.07, 6.45) is 0. The zero-order chi connectivity index (χ0) is 12.4. The van der Waals surface area contributed by atoms with Crippen molar-refractivity contribution in [2.75, 3.05) is 31.4 Å². The summed E-state index contributed by atoms with van der Waals surface area (Å²) < 4.78 is 5.38. The van der Waals surface area contributed by atoms with Gasteiger partial charge in [0.1, 0.15) is 5.75 Å². The number of nitrogens with zero attached hydrogens (tertiary/aromatic N) is 1. The Morgan fingerprint density at radius 3 is 3.00 bits per heavy atom. The van der Waals surface area contributed by atoms with Gasteiger partial charge in [-0.25, -0.2) is 0 Å². The topological polar surface area (TPSA) is 41.6 Å². The van der Waals surface area contributed by atoms with Gasteiger partial charge < -0.3 is 15.0 Å². The monoisotopic (exact) mass is 252 g/mol. The van der Waals surface area contributed by atoms with E-state index in [1.807, 2.05) is 25.2 Å². The zero-order valence-electron chi connectivity index (χ0n) is 9.93. The Morgan fingerprint density at radius 2 is 2.35 bits per heavy atom. The Labute approximate surface area is 106 Å². The second-order valence-electron chi connectivity index (χ2n) is 3.99. The highest BCUT2D eigenvalue weighted by Gasteiger charge is 2.23. The predicted molar refractivity (Wildman–Crippen MR) is 71.0 cm³/mol. The summed E-state index contributed by atoms with van der Waals surface area (Å²) in [5.74, 6) is 1.43. The molecule has 0 bridgehead atoms. The van der Waals surface area contributed by atoms with E-state index in [0.29, 0.717) is 5.75 Å². The molecule has 1 amide bonds. The third kappa shape index (κ3) is 2.25. The molecule has 1 unspecified atom stereocenters. The number of anilines is 1. The fourth-order valence-electron chi connectivity index (χ4n) is 1.87. The van der Waals surface area contributed by atoms with Crippen molar-refractivity contribution in [3.8, 4) is 5.75 Å². The smallest absolute Gasteiger partial charge is 0.264 e. The lowest BCUT2D eigenvalue weighted by molar-refractivity contribution is -0.120. The first-order chi connectivity index (χ1) is 8.17. The van der Waals surface area contributed by atoms with E-state index >= 15 is 0 Å². The second-order valence-corrected chi connectivity index (χ2v) is 4.36. The van der Waals surface area contributed by atoms with Crippen LogP contribution < -0.4 is 15.0 Å². The van der Waals surface area contributed by atoms with E-state index in [9.17, 15) is 4.79 Å². The molecule has 0 fully saturated rings. The summed E-state index contributed by atoms with van der Waals surface area (Å²) in [4.78, 5) is 13.2. The number of nitrogens with one attached hydrogen (secondary N) is 1. The van der Waals surface area contributed by atoms with Crippen molar-refractivity contribution >= 4 is 24.2 Å². The highest BCUT2D eigenvalue weighted by atomic mass is 32.1. The van der Waals surface area contributed by atoms with Gasteiger partial charge in [0.15, 0.2) is 6.61 Å². The molecule has 1 N–H and O–H groups in total. The Balaban J connectivity index is 2.38. The molecule has 0 spiro atoms. The summed E-state index contributed by atoms with van der Waals surface area (Å²) >= 11 is 4.30. The third-order valence-corrected chi connectivity index (χ3v) is 3.37. The summed E-state index contributed by atoms with van der Waals surface area (Å²) in [6, 6.07) is 6.06. The van der Waals surface area contributed by atoms with Crippen LogP contribution in [0.15, 0.2) is 18.2 Å². The van der Waals surface area contributed by atoms with E-state index in [1.54, 1.807) is 11.9 Å². The lowest BCUT2D eigenvalue weighted by atomic mass is 10.1. The molecule has 4 nitrogen and oxygen atoms in total. The number of ether oxygens (including phenoxy) is 1. The van der Waals surface area contributed by atoms with Gasteiger partial charge in [-0.3, -0.25) is 4.79 Å². The molecule has 1 aliphatic heterocycles. The summed E-state index contributed by atoms with van der Waals surface area (Å²) in [5, 5.41) is 3.18. The first kappa shape index (κ1) is 12.3. The van der Waals surface area contributed by atoms with Gasteiger partial charge in [-0.15, -0.1) is 0 Å². The van der Waals surface area contributed by atoms with Crippen molar-refractivity contribution in [1.29, 1.82) is 0 Å². The number of rotatable bonds is 3. The first-order valence-corrected chi connectivity index (χ1v) is 6.12. The molecule has 1 aliphatic rings. The maximum absolute atomic E-state index is 11.5. The maximum atomic E-state index is 11.5. The van der Waals surface area contributed by atoms with Crippen LogP contribution in [0.5, 0.6) is 5.75 Å². The predicted octanol–water partition coefficient (Wildman–Crippen LogP) is 1.23. The number of carbonyl (C=O) groups excluding carboxylic acids is 1. The largest absolute Gasteiger partial charge is 0.482 e. The quantitative estimate of drug-likeness (QED) is 0.795. The minimum absolute atomic E-state index is 0.0264. The Kier molecular flexibility index (Phi) is 3.59. The number of hydrogen-bond donors (Lipinski definition) is 2. The molecular formula is C12H16N2O2S. The molecule has 0 saturated heterocycles. The Morgan fingerprint density at radius 1 is 1.59 bits per heavy atom. The van der Waals surface area contributed by atoms with Crippen LogP contribution in [0, 0.1) is 0 Å². The van der Waals surface area contributed by atoms with E-state index in [4.69, 9.17) is 4.74 Å². The highest BCUT2D eigenvalue weighted by molar-refractivity contribution is 7.80. The van der Waals surface area contributed by atoms with Gasteiger partial charge in [0.2, 0.25) is 0 Å². The molecule has 0 radical (unpaired) electrons. The van der Waals surface area contributed by atoms with Crippen molar-refractivity contribution in [2.45, 2.75) is 6.04 Å². The molecule has 92 valence electrons. The van der Waals surface area contributed by atoms with Gasteiger partial charge in [-0.1, -0.05) is 6.07 Å².